The maximum atomic E-state index is 14.6. The van der Waals surface area contributed by atoms with Crippen LogP contribution in [0.4, 0.5) is 0 Å². The highest BCUT2D eigenvalue weighted by Gasteiger charge is 2.43. The number of carboxylic acid groups (broad SMARTS) is 3. The molecule has 4 rings (SSSR count). The Balaban J connectivity index is 1.58. The van der Waals surface area contributed by atoms with Crippen LogP contribution < -0.4 is 65.5 Å². The second-order valence-corrected chi connectivity index (χ2v) is 24.7. The van der Waals surface area contributed by atoms with Crippen molar-refractivity contribution < 1.29 is 82.8 Å². The maximum absolute atomic E-state index is 14.6. The smallest absolute Gasteiger partial charge is 0.326 e. The molecule has 10 atom stereocenters. The molecule has 2 saturated heterocycles. The molecule has 32 nitrogen and oxygen atoms in total. The Morgan fingerprint density at radius 2 is 1.13 bits per heavy atom. The molecule has 0 spiro atoms. The maximum Gasteiger partial charge on any atom is 0.326 e. The number of carbonyl (C=O) groups is 13. The highest BCUT2D eigenvalue weighted by atomic mass is 32.2. The largest absolute Gasteiger partial charge is 0.508 e. The molecule has 95 heavy (non-hydrogen) atoms. The molecular formula is C62H93N15O17S. The van der Waals surface area contributed by atoms with Crippen molar-refractivity contribution in [3.63, 3.8) is 0 Å². The minimum absolute atomic E-state index is 0.0115. The summed E-state index contributed by atoms with van der Waals surface area (Å²) in [6, 6.07) is -0.241. The topological polar surface area (TPSA) is 522 Å². The number of likely N-dealkylation sites (tertiary alicyclic amines) is 2. The van der Waals surface area contributed by atoms with E-state index in [2.05, 4.69) is 47.5 Å². The van der Waals surface area contributed by atoms with Crippen molar-refractivity contribution in [1.82, 2.24) is 52.3 Å². The third-order valence-electron chi connectivity index (χ3n) is 15.7. The first-order chi connectivity index (χ1) is 45.1. The predicted molar refractivity (Wildman–Crippen MR) is 348 cm³/mol. The van der Waals surface area contributed by atoms with Gasteiger partial charge in [-0.2, -0.15) is 11.8 Å². The molecule has 524 valence electrons. The molecule has 0 bridgehead atoms. The van der Waals surface area contributed by atoms with Crippen LogP contribution in [-0.4, -0.2) is 218 Å². The zero-order chi connectivity index (χ0) is 70.3. The van der Waals surface area contributed by atoms with Gasteiger partial charge in [-0.3, -0.25) is 62.5 Å². The molecule has 2 heterocycles. The Hall–Kier alpha value is -9.11. The molecule has 2 aromatic rings. The summed E-state index contributed by atoms with van der Waals surface area (Å²) >= 11 is 1.38. The van der Waals surface area contributed by atoms with Crippen LogP contribution in [-0.2, 0) is 75.2 Å². The number of aliphatic imine (C=N–C) groups is 1. The number of nitrogens with zero attached hydrogens (tertiary/aromatic N) is 3. The molecule has 0 aliphatic carbocycles. The predicted octanol–water partition coefficient (Wildman–Crippen LogP) is -2.60. The fourth-order valence-electron chi connectivity index (χ4n) is 10.8. The van der Waals surface area contributed by atoms with E-state index in [1.54, 1.807) is 50.4 Å². The second kappa shape index (κ2) is 40.2. The van der Waals surface area contributed by atoms with E-state index >= 15 is 0 Å². The number of benzene rings is 2. The van der Waals surface area contributed by atoms with E-state index in [1.165, 1.54) is 45.8 Å². The summed E-state index contributed by atoms with van der Waals surface area (Å²) < 4.78 is 0. The SMILES string of the molecule is CSCC[C@H](NC(=O)[C@H](CC(C)C)NC(=O)CNC(=O)[C@H](Cc1ccc(O)cc1)NC(=O)[C@H](Cc1ccccc1)NC(=O)[C@H](CCC(=O)O)NC(=O)[C@H](CC(=O)O)NC(=O)[C@@H]1CCCN1C(=O)[C@H](CCCN=C(N)N)NC(=O)[C@@H]1CCCN1C(=O)[C@@H](N)CCCCN)C(=O)O. The zero-order valence-corrected chi connectivity index (χ0v) is 54.6. The summed E-state index contributed by atoms with van der Waals surface area (Å²) in [5.74, 6) is -13.2. The average Bonchev–Trinajstić information content (AvgIpc) is 1.76. The molecule has 20 N–H and O–H groups in total. The van der Waals surface area contributed by atoms with E-state index < -0.39 is 163 Å². The van der Waals surface area contributed by atoms with Gasteiger partial charge in [0.1, 0.15) is 60.1 Å². The fourth-order valence-corrected chi connectivity index (χ4v) is 11.3. The highest BCUT2D eigenvalue weighted by molar-refractivity contribution is 7.98. The third-order valence-corrected chi connectivity index (χ3v) is 16.4. The molecule has 0 unspecified atom stereocenters. The van der Waals surface area contributed by atoms with E-state index in [1.807, 2.05) is 0 Å². The quantitative estimate of drug-likeness (QED) is 0.0184. The second-order valence-electron chi connectivity index (χ2n) is 23.8. The number of unbranched alkanes of at least 4 members (excludes halogenated alkanes) is 1. The first kappa shape index (κ1) is 78.3. The van der Waals surface area contributed by atoms with Gasteiger partial charge in [-0.1, -0.05) is 62.7 Å². The number of hydrogen-bond acceptors (Lipinski definition) is 18. The number of nitrogens with one attached hydrogen (secondary N) is 8. The molecule has 10 amide bonds. The molecule has 2 aliphatic rings. The molecule has 2 aliphatic heterocycles. The fraction of sp³-hybridized carbons (Fsp3) is 0.581. The van der Waals surface area contributed by atoms with Crippen molar-refractivity contribution in [1.29, 1.82) is 0 Å². The van der Waals surface area contributed by atoms with Crippen molar-refractivity contribution in [2.75, 3.05) is 44.7 Å². The van der Waals surface area contributed by atoms with Crippen LogP contribution in [0.1, 0.15) is 115 Å². The number of nitrogens with two attached hydrogens (primary N) is 4. The highest BCUT2D eigenvalue weighted by Crippen LogP contribution is 2.24. The Kier molecular flexibility index (Phi) is 33.2. The van der Waals surface area contributed by atoms with Gasteiger partial charge in [0.05, 0.1) is 19.0 Å². The molecule has 0 saturated carbocycles. The van der Waals surface area contributed by atoms with E-state index in [9.17, 15) is 82.8 Å². The number of carboxylic acids is 3. The lowest BCUT2D eigenvalue weighted by Crippen LogP contribution is -2.60. The number of phenolic OH excluding ortho intramolecular Hbond substituents is 1. The van der Waals surface area contributed by atoms with Gasteiger partial charge in [0.15, 0.2) is 5.96 Å². The van der Waals surface area contributed by atoms with Crippen molar-refractivity contribution in [2.45, 2.75) is 177 Å². The molecule has 0 aromatic heterocycles. The Morgan fingerprint density at radius 1 is 0.589 bits per heavy atom. The van der Waals surface area contributed by atoms with Gasteiger partial charge in [-0.25, -0.2) is 4.79 Å². The normalized spacial score (nSPS) is 16.8. The van der Waals surface area contributed by atoms with Crippen LogP contribution in [0, 0.1) is 5.92 Å². The van der Waals surface area contributed by atoms with Crippen molar-refractivity contribution >= 4 is 94.7 Å². The summed E-state index contributed by atoms with van der Waals surface area (Å²) in [7, 11) is 0. The number of aliphatic carboxylic acids is 3. The zero-order valence-electron chi connectivity index (χ0n) is 53.8. The Bertz CT molecular complexity index is 2990. The molecule has 33 heteroatoms. The summed E-state index contributed by atoms with van der Waals surface area (Å²) in [6.07, 6.45) is 1.61. The number of amides is 10. The van der Waals surface area contributed by atoms with Crippen molar-refractivity contribution in [2.24, 2.45) is 33.8 Å². The van der Waals surface area contributed by atoms with Crippen LogP contribution >= 0.6 is 11.8 Å². The number of carbonyl (C=O) groups excluding carboxylic acids is 10. The minimum atomic E-state index is -1.97. The summed E-state index contributed by atoms with van der Waals surface area (Å²) in [5, 5.41) is 59.6. The molecule has 0 radical (unpaired) electrons. The number of thioether (sulfide) groups is 1. The van der Waals surface area contributed by atoms with Gasteiger partial charge in [0.2, 0.25) is 59.1 Å². The van der Waals surface area contributed by atoms with Gasteiger partial charge >= 0.3 is 17.9 Å². The molecular weight excluding hydrogens is 1260 g/mol. The number of hydrogen-bond donors (Lipinski definition) is 16. The third kappa shape index (κ3) is 27.0. The van der Waals surface area contributed by atoms with Gasteiger partial charge in [-0.05, 0) is 118 Å². The van der Waals surface area contributed by atoms with Crippen LogP contribution in [0.15, 0.2) is 59.6 Å². The van der Waals surface area contributed by atoms with Crippen molar-refractivity contribution in [3.8, 4) is 5.75 Å². The molecule has 2 fully saturated rings. The van der Waals surface area contributed by atoms with E-state index in [4.69, 9.17) is 22.9 Å². The number of phenols is 1. The lowest BCUT2D eigenvalue weighted by atomic mass is 10.0. The average molecular weight is 1350 g/mol. The summed E-state index contributed by atoms with van der Waals surface area (Å²) in [4.78, 5) is 184. The van der Waals surface area contributed by atoms with Crippen LogP contribution in [0.5, 0.6) is 5.75 Å². The lowest BCUT2D eigenvalue weighted by Gasteiger charge is -2.32. The van der Waals surface area contributed by atoms with Gasteiger partial charge in [0, 0.05) is 38.9 Å². The van der Waals surface area contributed by atoms with E-state index in [0.717, 1.165) is 0 Å². The van der Waals surface area contributed by atoms with Gasteiger partial charge in [-0.15, -0.1) is 0 Å². The number of rotatable bonds is 41. The van der Waals surface area contributed by atoms with Crippen LogP contribution in [0.3, 0.4) is 0 Å². The Morgan fingerprint density at radius 3 is 1.68 bits per heavy atom. The molecule has 2 aromatic carbocycles. The van der Waals surface area contributed by atoms with Crippen LogP contribution in [0.25, 0.3) is 0 Å². The van der Waals surface area contributed by atoms with Gasteiger partial charge in [0.25, 0.3) is 0 Å². The minimum Gasteiger partial charge on any atom is -0.508 e. The standard InChI is InChI=1S/C62H93N15O17S/c1-35(2)30-43(54(86)72-42(61(93)94)24-29-95-3)69-49(79)34-68-52(84)44(32-37-18-20-38(78)21-19-37)73-55(87)45(31-36-12-5-4-6-13-36)74-53(85)40(22-23-50(80)81)70-56(88)46(33-51(82)83)75-58(90)48-17-11-28-77(48)60(92)41(15-9-26-67-62(65)66)71-57(89)47-16-10-27-76(47)59(91)39(64)14-7-8-25-63/h4-6,12-13,18-21,35,39-48,78H,7-11,14-17,22-34,63-64H2,1-3H3,(H,68,84)(H,69,79)(H,70,88)(H,71,89)(H,72,86)(H,73,87)(H,74,85)(H,75,90)(H,80,81)(H,82,83)(H,93,94)(H4,65,66,67)/t39-,40-,41-,42-,43-,44-,45-,46-,47-,48-/m0/s1. The van der Waals surface area contributed by atoms with E-state index in [0.29, 0.717) is 49.1 Å². The first-order valence-electron chi connectivity index (χ1n) is 31.6. The van der Waals surface area contributed by atoms with Gasteiger partial charge < -0.3 is 95.7 Å². The lowest BCUT2D eigenvalue weighted by molar-refractivity contribution is -0.145. The van der Waals surface area contributed by atoms with Crippen molar-refractivity contribution in [3.05, 3.63) is 65.7 Å². The monoisotopic (exact) mass is 1350 g/mol. The summed E-state index contributed by atoms with van der Waals surface area (Å²) in [6.45, 7) is 3.49. The van der Waals surface area contributed by atoms with E-state index in [-0.39, 0.29) is 95.0 Å². The Labute approximate surface area is 554 Å². The number of aromatic hydroxyl groups is 1. The van der Waals surface area contributed by atoms with Crippen LogP contribution in [0.2, 0.25) is 0 Å². The number of guanidine groups is 1. The first-order valence-corrected chi connectivity index (χ1v) is 33.0. The summed E-state index contributed by atoms with van der Waals surface area (Å²) in [5.41, 5.74) is 23.7.